The van der Waals surface area contributed by atoms with Crippen molar-refractivity contribution in [3.05, 3.63) is 60.3 Å². The molecular formula is C28H38N6O3S. The first-order valence-corrected chi connectivity index (χ1v) is 14.4. The molecule has 1 aliphatic heterocycles. The zero-order valence-corrected chi connectivity index (χ0v) is 23.7. The highest BCUT2D eigenvalue weighted by molar-refractivity contribution is 7.89. The van der Waals surface area contributed by atoms with Crippen molar-refractivity contribution in [2.45, 2.75) is 51.0 Å². The fourth-order valence-electron chi connectivity index (χ4n) is 4.34. The highest BCUT2D eigenvalue weighted by Crippen LogP contribution is 2.28. The van der Waals surface area contributed by atoms with Crippen LogP contribution in [-0.4, -0.2) is 62.1 Å². The van der Waals surface area contributed by atoms with E-state index in [-0.39, 0.29) is 4.90 Å². The van der Waals surface area contributed by atoms with Gasteiger partial charge in [-0.2, -0.15) is 4.98 Å². The van der Waals surface area contributed by atoms with E-state index in [2.05, 4.69) is 19.9 Å². The Morgan fingerprint density at radius 2 is 1.79 bits per heavy atom. The molecule has 0 unspecified atom stereocenters. The lowest BCUT2D eigenvalue weighted by atomic mass is 10.1. The van der Waals surface area contributed by atoms with Crippen LogP contribution in [0.15, 0.2) is 59.6 Å². The van der Waals surface area contributed by atoms with Gasteiger partial charge in [0.15, 0.2) is 0 Å². The van der Waals surface area contributed by atoms with Gasteiger partial charge in [-0.1, -0.05) is 6.07 Å². The van der Waals surface area contributed by atoms with Gasteiger partial charge in [-0.05, 0) is 96.1 Å². The first-order valence-electron chi connectivity index (χ1n) is 12.9. The molecule has 3 aromatic rings. The van der Waals surface area contributed by atoms with Crippen molar-refractivity contribution in [1.82, 2.24) is 19.6 Å². The second-order valence-electron chi connectivity index (χ2n) is 10.7. The molecule has 2 N–H and O–H groups in total. The number of hydrogen-bond donors (Lipinski definition) is 2. The maximum atomic E-state index is 12.8. The average Bonchev–Trinajstić information content (AvgIpc) is 3.38. The SMILES string of the molecule is Cc1cnc(Nc2ccc(OCCN3CCCC3)cc2)nc1N(C)c1cccc(S(=O)(=O)NC(C)(C)C)c1. The molecule has 2 aromatic carbocycles. The van der Waals surface area contributed by atoms with Crippen LogP contribution in [0.25, 0.3) is 0 Å². The smallest absolute Gasteiger partial charge is 0.241 e. The Hall–Kier alpha value is -3.21. The van der Waals surface area contributed by atoms with Crippen molar-refractivity contribution in [1.29, 1.82) is 0 Å². The highest BCUT2D eigenvalue weighted by atomic mass is 32.2. The van der Waals surface area contributed by atoms with Gasteiger partial charge in [0.1, 0.15) is 18.2 Å². The molecule has 0 bridgehead atoms. The normalized spacial score (nSPS) is 14.4. The zero-order valence-electron chi connectivity index (χ0n) is 22.9. The standard InChI is InChI=1S/C28H38N6O3S/c1-21-20-29-27(30-22-11-13-24(14-12-22)37-18-17-34-15-6-7-16-34)31-26(21)33(5)23-9-8-10-25(19-23)38(35,36)32-28(2,3)4/h8-14,19-20,32H,6-7,15-18H2,1-5H3,(H,29,30,31). The lowest BCUT2D eigenvalue weighted by Crippen LogP contribution is -2.40. The molecule has 1 fully saturated rings. The Morgan fingerprint density at radius 3 is 2.47 bits per heavy atom. The molecule has 1 saturated heterocycles. The van der Waals surface area contributed by atoms with Crippen molar-refractivity contribution < 1.29 is 13.2 Å². The van der Waals surface area contributed by atoms with Crippen LogP contribution < -0.4 is 19.7 Å². The Balaban J connectivity index is 1.44. The quantitative estimate of drug-likeness (QED) is 0.378. The Bertz CT molecular complexity index is 1330. The fourth-order valence-corrected chi connectivity index (χ4v) is 5.80. The van der Waals surface area contributed by atoms with E-state index in [0.29, 0.717) is 24.1 Å². The van der Waals surface area contributed by atoms with Crippen LogP contribution in [0, 0.1) is 6.92 Å². The Labute approximate surface area is 226 Å². The fraction of sp³-hybridized carbons (Fsp3) is 0.429. The predicted molar refractivity (Wildman–Crippen MR) is 152 cm³/mol. The van der Waals surface area contributed by atoms with Crippen molar-refractivity contribution in [2.75, 3.05) is 43.5 Å². The maximum absolute atomic E-state index is 12.8. The Morgan fingerprint density at radius 1 is 1.08 bits per heavy atom. The number of sulfonamides is 1. The predicted octanol–water partition coefficient (Wildman–Crippen LogP) is 4.85. The van der Waals surface area contributed by atoms with Crippen molar-refractivity contribution >= 4 is 33.2 Å². The van der Waals surface area contributed by atoms with Crippen LogP contribution in [0.3, 0.4) is 0 Å². The van der Waals surface area contributed by atoms with Gasteiger partial charge >= 0.3 is 0 Å². The molecule has 4 rings (SSSR count). The second kappa shape index (κ2) is 11.7. The van der Waals surface area contributed by atoms with E-state index >= 15 is 0 Å². The van der Waals surface area contributed by atoms with Gasteiger partial charge in [-0.25, -0.2) is 18.1 Å². The zero-order chi connectivity index (χ0) is 27.3. The minimum absolute atomic E-state index is 0.199. The van der Waals surface area contributed by atoms with Crippen molar-refractivity contribution in [3.8, 4) is 5.75 Å². The van der Waals surface area contributed by atoms with Gasteiger partial charge in [0.2, 0.25) is 16.0 Å². The molecule has 1 aliphatic rings. The lowest BCUT2D eigenvalue weighted by molar-refractivity contribution is 0.238. The number of nitrogens with zero attached hydrogens (tertiary/aromatic N) is 4. The summed E-state index contributed by atoms with van der Waals surface area (Å²) in [5.41, 5.74) is 1.82. The van der Waals surface area contributed by atoms with E-state index in [4.69, 9.17) is 9.72 Å². The molecule has 0 radical (unpaired) electrons. The molecule has 0 atom stereocenters. The van der Waals surface area contributed by atoms with Crippen LogP contribution in [0.2, 0.25) is 0 Å². The van der Waals surface area contributed by atoms with E-state index in [1.54, 1.807) is 24.4 Å². The van der Waals surface area contributed by atoms with Crippen LogP contribution in [0.5, 0.6) is 5.75 Å². The van der Waals surface area contributed by atoms with Gasteiger partial charge in [-0.15, -0.1) is 0 Å². The first-order chi connectivity index (χ1) is 18.0. The third kappa shape index (κ3) is 7.43. The monoisotopic (exact) mass is 538 g/mol. The van der Waals surface area contributed by atoms with E-state index in [0.717, 1.165) is 23.5 Å². The molecule has 9 nitrogen and oxygen atoms in total. The van der Waals surface area contributed by atoms with Crippen LogP contribution in [-0.2, 0) is 10.0 Å². The van der Waals surface area contributed by atoms with E-state index in [9.17, 15) is 8.42 Å². The summed E-state index contributed by atoms with van der Waals surface area (Å²) in [6.07, 6.45) is 4.31. The molecule has 0 amide bonds. The number of anilines is 4. The van der Waals surface area contributed by atoms with Crippen molar-refractivity contribution in [3.63, 3.8) is 0 Å². The number of ether oxygens (including phenoxy) is 1. The average molecular weight is 539 g/mol. The summed E-state index contributed by atoms with van der Waals surface area (Å²) in [5.74, 6) is 1.94. The molecule has 0 spiro atoms. The number of nitrogens with one attached hydrogen (secondary N) is 2. The number of aromatic nitrogens is 2. The van der Waals surface area contributed by atoms with Crippen LogP contribution in [0.1, 0.15) is 39.2 Å². The molecule has 0 aliphatic carbocycles. The summed E-state index contributed by atoms with van der Waals surface area (Å²) in [5, 5.41) is 3.25. The van der Waals surface area contributed by atoms with E-state index in [1.807, 2.05) is 70.0 Å². The number of hydrogen-bond acceptors (Lipinski definition) is 8. The molecule has 0 saturated carbocycles. The van der Waals surface area contributed by atoms with Crippen LogP contribution in [0.4, 0.5) is 23.1 Å². The number of likely N-dealkylation sites (tertiary alicyclic amines) is 1. The van der Waals surface area contributed by atoms with Gasteiger partial charge in [0, 0.05) is 42.3 Å². The number of benzene rings is 2. The second-order valence-corrected chi connectivity index (χ2v) is 12.3. The summed E-state index contributed by atoms with van der Waals surface area (Å²) in [4.78, 5) is 13.6. The third-order valence-corrected chi connectivity index (χ3v) is 7.96. The minimum atomic E-state index is -3.66. The summed E-state index contributed by atoms with van der Waals surface area (Å²) >= 11 is 0. The lowest BCUT2D eigenvalue weighted by Gasteiger charge is -2.23. The molecule has 38 heavy (non-hydrogen) atoms. The van der Waals surface area contributed by atoms with Gasteiger partial charge < -0.3 is 15.0 Å². The highest BCUT2D eigenvalue weighted by Gasteiger charge is 2.23. The number of rotatable bonds is 10. The van der Waals surface area contributed by atoms with Crippen molar-refractivity contribution in [2.24, 2.45) is 0 Å². The van der Waals surface area contributed by atoms with E-state index in [1.165, 1.54) is 25.9 Å². The molecule has 2 heterocycles. The number of aryl methyl sites for hydroxylation is 1. The molecule has 10 heteroatoms. The first kappa shape index (κ1) is 27.8. The molecular weight excluding hydrogens is 500 g/mol. The molecule has 204 valence electrons. The summed E-state index contributed by atoms with van der Waals surface area (Å²) in [6, 6.07) is 14.6. The largest absolute Gasteiger partial charge is 0.492 e. The summed E-state index contributed by atoms with van der Waals surface area (Å²) in [7, 11) is -1.81. The van der Waals surface area contributed by atoms with Crippen LogP contribution >= 0.6 is 0 Å². The maximum Gasteiger partial charge on any atom is 0.241 e. The Kier molecular flexibility index (Phi) is 8.54. The van der Waals surface area contributed by atoms with Gasteiger partial charge in [-0.3, -0.25) is 4.90 Å². The minimum Gasteiger partial charge on any atom is -0.492 e. The van der Waals surface area contributed by atoms with E-state index < -0.39 is 15.6 Å². The summed E-state index contributed by atoms with van der Waals surface area (Å²) < 4.78 is 34.3. The van der Waals surface area contributed by atoms with Gasteiger partial charge in [0.25, 0.3) is 0 Å². The summed E-state index contributed by atoms with van der Waals surface area (Å²) in [6.45, 7) is 11.3. The third-order valence-electron chi connectivity index (χ3n) is 6.20. The van der Waals surface area contributed by atoms with Gasteiger partial charge in [0.05, 0.1) is 4.90 Å². The topological polar surface area (TPSA) is 99.7 Å². The molecule has 1 aromatic heterocycles.